The zero-order valence-corrected chi connectivity index (χ0v) is 12.7. The van der Waals surface area contributed by atoms with Gasteiger partial charge < -0.3 is 10.6 Å². The van der Waals surface area contributed by atoms with Crippen molar-refractivity contribution in [1.29, 1.82) is 0 Å². The van der Waals surface area contributed by atoms with E-state index in [9.17, 15) is 9.59 Å². The highest BCUT2D eigenvalue weighted by Gasteiger charge is 2.10. The number of nitrogens with zero attached hydrogens (tertiary/aromatic N) is 1. The van der Waals surface area contributed by atoms with Crippen molar-refractivity contribution < 1.29 is 9.59 Å². The van der Waals surface area contributed by atoms with Crippen molar-refractivity contribution in [2.75, 3.05) is 5.32 Å². The van der Waals surface area contributed by atoms with E-state index < -0.39 is 0 Å². The number of anilines is 1. The molecular weight excluding hydrogens is 278 g/mol. The molecule has 0 aliphatic heterocycles. The molecule has 2 rings (SSSR count). The van der Waals surface area contributed by atoms with Gasteiger partial charge in [0, 0.05) is 24.6 Å². The predicted molar refractivity (Wildman–Crippen MR) is 85.2 cm³/mol. The van der Waals surface area contributed by atoms with E-state index in [2.05, 4.69) is 15.6 Å². The fourth-order valence-electron chi connectivity index (χ4n) is 2.16. The van der Waals surface area contributed by atoms with Crippen LogP contribution in [0.1, 0.15) is 23.1 Å². The van der Waals surface area contributed by atoms with Gasteiger partial charge in [0.1, 0.15) is 6.42 Å². The van der Waals surface area contributed by atoms with Crippen LogP contribution in [0.4, 0.5) is 5.69 Å². The quantitative estimate of drug-likeness (QED) is 0.832. The van der Waals surface area contributed by atoms with E-state index in [0.717, 1.165) is 16.7 Å². The molecule has 2 aromatic rings. The number of amides is 2. The molecule has 0 atom stereocenters. The lowest BCUT2D eigenvalue weighted by Gasteiger charge is -2.08. The number of hydrogen-bond acceptors (Lipinski definition) is 3. The molecule has 0 saturated heterocycles. The third kappa shape index (κ3) is 5.01. The molecule has 22 heavy (non-hydrogen) atoms. The Morgan fingerprint density at radius 3 is 2.45 bits per heavy atom. The van der Waals surface area contributed by atoms with Crippen LogP contribution < -0.4 is 10.6 Å². The molecule has 0 fully saturated rings. The van der Waals surface area contributed by atoms with Crippen LogP contribution in [0.15, 0.2) is 42.7 Å². The second kappa shape index (κ2) is 7.36. The third-order valence-corrected chi connectivity index (χ3v) is 3.04. The highest BCUT2D eigenvalue weighted by atomic mass is 16.2. The van der Waals surface area contributed by atoms with Gasteiger partial charge >= 0.3 is 0 Å². The minimum Gasteiger partial charge on any atom is -0.352 e. The number of aromatic nitrogens is 1. The molecule has 0 bridgehead atoms. The number of hydrogen-bond donors (Lipinski definition) is 2. The second-order valence-electron chi connectivity index (χ2n) is 5.24. The molecule has 1 heterocycles. The van der Waals surface area contributed by atoms with Crippen molar-refractivity contribution in [3.05, 3.63) is 59.4 Å². The Bertz CT molecular complexity index is 649. The predicted octanol–water partition coefficient (Wildman–Crippen LogP) is 2.34. The number of carbonyl (C=O) groups excluding carboxylic acids is 2. The van der Waals surface area contributed by atoms with Crippen molar-refractivity contribution in [2.45, 2.75) is 26.8 Å². The van der Waals surface area contributed by atoms with Gasteiger partial charge in [0.2, 0.25) is 11.8 Å². The molecule has 114 valence electrons. The average molecular weight is 297 g/mol. The Kier molecular flexibility index (Phi) is 5.25. The van der Waals surface area contributed by atoms with Crippen molar-refractivity contribution in [3.63, 3.8) is 0 Å². The van der Waals surface area contributed by atoms with E-state index in [1.807, 2.05) is 38.1 Å². The number of rotatable bonds is 5. The first-order valence-corrected chi connectivity index (χ1v) is 7.06. The van der Waals surface area contributed by atoms with Crippen LogP contribution in [0.3, 0.4) is 0 Å². The summed E-state index contributed by atoms with van der Waals surface area (Å²) in [5, 5.41) is 5.44. The van der Waals surface area contributed by atoms with Crippen molar-refractivity contribution in [2.24, 2.45) is 0 Å². The van der Waals surface area contributed by atoms with Crippen LogP contribution in [0.2, 0.25) is 0 Å². The molecule has 0 radical (unpaired) electrons. The Hall–Kier alpha value is -2.69. The van der Waals surface area contributed by atoms with E-state index in [1.54, 1.807) is 18.5 Å². The summed E-state index contributed by atoms with van der Waals surface area (Å²) in [5.41, 5.74) is 3.74. The molecule has 2 N–H and O–H groups in total. The van der Waals surface area contributed by atoms with E-state index in [-0.39, 0.29) is 18.2 Å². The molecule has 5 nitrogen and oxygen atoms in total. The van der Waals surface area contributed by atoms with E-state index >= 15 is 0 Å². The number of benzene rings is 1. The Balaban J connectivity index is 1.82. The zero-order chi connectivity index (χ0) is 15.9. The smallest absolute Gasteiger partial charge is 0.233 e. The minimum atomic E-state index is -0.325. The van der Waals surface area contributed by atoms with Gasteiger partial charge in [-0.05, 0) is 48.7 Å². The molecule has 0 aliphatic rings. The number of pyridine rings is 1. The Morgan fingerprint density at radius 1 is 1.09 bits per heavy atom. The van der Waals surface area contributed by atoms with Gasteiger partial charge in [-0.15, -0.1) is 0 Å². The number of carbonyl (C=O) groups is 2. The SMILES string of the molecule is Cc1cc(C)cc(NC(=O)CC(=O)NCc2cccnc2)c1. The van der Waals surface area contributed by atoms with E-state index in [0.29, 0.717) is 12.2 Å². The lowest BCUT2D eigenvalue weighted by molar-refractivity contribution is -0.126. The monoisotopic (exact) mass is 297 g/mol. The maximum atomic E-state index is 11.9. The lowest BCUT2D eigenvalue weighted by Crippen LogP contribution is -2.27. The summed E-state index contributed by atoms with van der Waals surface area (Å²) in [5.74, 6) is -0.639. The topological polar surface area (TPSA) is 71.1 Å². The first kappa shape index (κ1) is 15.7. The fourth-order valence-corrected chi connectivity index (χ4v) is 2.16. The van der Waals surface area contributed by atoms with E-state index in [4.69, 9.17) is 0 Å². The highest BCUT2D eigenvalue weighted by molar-refractivity contribution is 6.03. The minimum absolute atomic E-state index is 0.201. The molecule has 1 aromatic carbocycles. The lowest BCUT2D eigenvalue weighted by atomic mass is 10.1. The Labute approximate surface area is 129 Å². The summed E-state index contributed by atoms with van der Waals surface area (Å²) in [7, 11) is 0. The van der Waals surface area contributed by atoms with Crippen molar-refractivity contribution >= 4 is 17.5 Å². The summed E-state index contributed by atoms with van der Waals surface area (Å²) in [6.07, 6.45) is 3.14. The first-order valence-electron chi connectivity index (χ1n) is 7.06. The van der Waals surface area contributed by atoms with Crippen LogP contribution in [-0.4, -0.2) is 16.8 Å². The molecular formula is C17H19N3O2. The standard InChI is InChI=1S/C17H19N3O2/c1-12-6-13(2)8-15(7-12)20-17(22)9-16(21)19-11-14-4-3-5-18-10-14/h3-8,10H,9,11H2,1-2H3,(H,19,21)(H,20,22). The molecule has 1 aromatic heterocycles. The molecule has 5 heteroatoms. The molecule has 2 amide bonds. The van der Waals surface area contributed by atoms with Gasteiger partial charge in [0.25, 0.3) is 0 Å². The van der Waals surface area contributed by atoms with Gasteiger partial charge in [-0.1, -0.05) is 12.1 Å². The van der Waals surface area contributed by atoms with Crippen LogP contribution >= 0.6 is 0 Å². The third-order valence-electron chi connectivity index (χ3n) is 3.04. The molecule has 0 unspecified atom stereocenters. The molecule has 0 saturated carbocycles. The maximum Gasteiger partial charge on any atom is 0.233 e. The van der Waals surface area contributed by atoms with Crippen LogP contribution in [0, 0.1) is 13.8 Å². The van der Waals surface area contributed by atoms with Gasteiger partial charge in [-0.3, -0.25) is 14.6 Å². The van der Waals surface area contributed by atoms with Crippen LogP contribution in [0.25, 0.3) is 0 Å². The van der Waals surface area contributed by atoms with Crippen molar-refractivity contribution in [1.82, 2.24) is 10.3 Å². The summed E-state index contributed by atoms with van der Waals surface area (Å²) in [6.45, 7) is 4.29. The van der Waals surface area contributed by atoms with Gasteiger partial charge in [-0.2, -0.15) is 0 Å². The van der Waals surface area contributed by atoms with Gasteiger partial charge in [-0.25, -0.2) is 0 Å². The summed E-state index contributed by atoms with van der Waals surface area (Å²) < 4.78 is 0. The summed E-state index contributed by atoms with van der Waals surface area (Å²) in [4.78, 5) is 27.6. The highest BCUT2D eigenvalue weighted by Crippen LogP contribution is 2.13. The van der Waals surface area contributed by atoms with Crippen LogP contribution in [-0.2, 0) is 16.1 Å². The van der Waals surface area contributed by atoms with Gasteiger partial charge in [0.15, 0.2) is 0 Å². The Morgan fingerprint density at radius 2 is 1.82 bits per heavy atom. The largest absolute Gasteiger partial charge is 0.352 e. The second-order valence-corrected chi connectivity index (χ2v) is 5.24. The van der Waals surface area contributed by atoms with E-state index in [1.165, 1.54) is 0 Å². The van der Waals surface area contributed by atoms with Crippen molar-refractivity contribution in [3.8, 4) is 0 Å². The number of nitrogens with one attached hydrogen (secondary N) is 2. The molecule has 0 aliphatic carbocycles. The normalized spacial score (nSPS) is 10.1. The zero-order valence-electron chi connectivity index (χ0n) is 12.7. The summed E-state index contributed by atoms with van der Waals surface area (Å²) in [6, 6.07) is 9.43. The number of aryl methyl sites for hydroxylation is 2. The van der Waals surface area contributed by atoms with Crippen LogP contribution in [0.5, 0.6) is 0 Å². The maximum absolute atomic E-state index is 11.9. The van der Waals surface area contributed by atoms with Gasteiger partial charge in [0.05, 0.1) is 0 Å². The average Bonchev–Trinajstić information content (AvgIpc) is 2.45. The molecule has 0 spiro atoms. The first-order chi connectivity index (χ1) is 10.5. The summed E-state index contributed by atoms with van der Waals surface area (Å²) >= 11 is 0. The fraction of sp³-hybridized carbons (Fsp3) is 0.235.